The molecule has 5 aromatic rings. The van der Waals surface area contributed by atoms with E-state index in [1.807, 2.05) is 40.1 Å². The summed E-state index contributed by atoms with van der Waals surface area (Å²) in [6, 6.07) is 6.59. The van der Waals surface area contributed by atoms with E-state index in [4.69, 9.17) is 9.40 Å². The number of carbonyl (C=O) groups excluding carboxylic acids is 1. The van der Waals surface area contributed by atoms with Gasteiger partial charge in [-0.1, -0.05) is 32.9 Å². The molecule has 1 amide bonds. The van der Waals surface area contributed by atoms with Crippen LogP contribution in [0.1, 0.15) is 42.9 Å². The molecule has 10 nitrogen and oxygen atoms in total. The molecule has 0 saturated heterocycles. The van der Waals surface area contributed by atoms with E-state index >= 15 is 4.39 Å². The fourth-order valence-corrected chi connectivity index (χ4v) is 3.54. The van der Waals surface area contributed by atoms with Crippen molar-refractivity contribution in [2.45, 2.75) is 32.7 Å². The summed E-state index contributed by atoms with van der Waals surface area (Å²) >= 11 is 0. The summed E-state index contributed by atoms with van der Waals surface area (Å²) in [6.07, 6.45) is 7.03. The lowest BCUT2D eigenvalue weighted by atomic mass is 9.97. The Morgan fingerprint density at radius 1 is 1.11 bits per heavy atom. The maximum absolute atomic E-state index is 15.0. The first-order chi connectivity index (χ1) is 16.7. The van der Waals surface area contributed by atoms with Gasteiger partial charge in [0.25, 0.3) is 0 Å². The van der Waals surface area contributed by atoms with Gasteiger partial charge in [0.1, 0.15) is 5.82 Å². The molecule has 0 atom stereocenters. The van der Waals surface area contributed by atoms with E-state index in [0.717, 1.165) is 11.1 Å². The number of hydrogen-bond donors (Lipinski definition) is 1. The fraction of sp³-hybridized carbons (Fsp3) is 0.250. The molecule has 0 aliphatic carbocycles. The summed E-state index contributed by atoms with van der Waals surface area (Å²) in [5, 5.41) is 18.8. The van der Waals surface area contributed by atoms with Crippen molar-refractivity contribution in [3.8, 4) is 22.5 Å². The smallest absolute Gasteiger partial charge is 0.309 e. The number of hydrogen-bond acceptors (Lipinski definition) is 7. The number of carbonyl (C=O) groups is 1. The van der Waals surface area contributed by atoms with Crippen LogP contribution in [0.2, 0.25) is 0 Å². The van der Waals surface area contributed by atoms with Gasteiger partial charge in [0.15, 0.2) is 0 Å². The molecular formula is C24H23FN8O2. The van der Waals surface area contributed by atoms with Gasteiger partial charge in [0.2, 0.25) is 5.89 Å². The van der Waals surface area contributed by atoms with Gasteiger partial charge < -0.3 is 9.73 Å². The van der Waals surface area contributed by atoms with E-state index in [1.54, 1.807) is 39.9 Å². The van der Waals surface area contributed by atoms with Crippen molar-refractivity contribution < 1.29 is 13.6 Å². The number of nitrogens with zero attached hydrogens (tertiary/aromatic N) is 7. The SMILES string of the molecule is Cn1cc(-c2cn3nccc3c(-c3ccc(CNC(=O)c4nnc(C(C)(C)C)o4)c(F)c3)n2)cn1. The molecule has 178 valence electrons. The zero-order valence-electron chi connectivity index (χ0n) is 19.7. The second-order valence-electron chi connectivity index (χ2n) is 9.19. The minimum atomic E-state index is -0.566. The van der Waals surface area contributed by atoms with Crippen LogP contribution in [0.4, 0.5) is 4.39 Å². The quantitative estimate of drug-likeness (QED) is 0.414. The summed E-state index contributed by atoms with van der Waals surface area (Å²) in [6.45, 7) is 5.66. The van der Waals surface area contributed by atoms with Crippen molar-refractivity contribution >= 4 is 11.4 Å². The topological polar surface area (TPSA) is 116 Å². The van der Waals surface area contributed by atoms with E-state index in [1.165, 1.54) is 6.07 Å². The van der Waals surface area contributed by atoms with Gasteiger partial charge in [-0.15, -0.1) is 10.2 Å². The van der Waals surface area contributed by atoms with Crippen LogP contribution >= 0.6 is 0 Å². The number of amides is 1. The maximum atomic E-state index is 15.0. The number of rotatable bonds is 5. The van der Waals surface area contributed by atoms with Crippen LogP contribution in [-0.2, 0) is 19.0 Å². The Balaban J connectivity index is 1.39. The Hall–Kier alpha value is -4.41. The van der Waals surface area contributed by atoms with Crippen LogP contribution in [0, 0.1) is 5.82 Å². The number of fused-ring (bicyclic) bond motifs is 1. The largest absolute Gasteiger partial charge is 0.416 e. The molecule has 0 spiro atoms. The predicted octanol–water partition coefficient (Wildman–Crippen LogP) is 3.55. The summed E-state index contributed by atoms with van der Waals surface area (Å²) in [7, 11) is 1.83. The van der Waals surface area contributed by atoms with Crippen LogP contribution in [0.3, 0.4) is 0 Å². The molecule has 0 aliphatic rings. The minimum Gasteiger partial charge on any atom is -0.416 e. The predicted molar refractivity (Wildman–Crippen MR) is 125 cm³/mol. The third-order valence-corrected chi connectivity index (χ3v) is 5.42. The summed E-state index contributed by atoms with van der Waals surface area (Å²) < 4.78 is 23.9. The van der Waals surface area contributed by atoms with Crippen LogP contribution in [0.5, 0.6) is 0 Å². The third kappa shape index (κ3) is 4.39. The van der Waals surface area contributed by atoms with Crippen LogP contribution in [0.25, 0.3) is 28.0 Å². The van der Waals surface area contributed by atoms with E-state index in [9.17, 15) is 4.79 Å². The van der Waals surface area contributed by atoms with Gasteiger partial charge in [-0.2, -0.15) is 10.2 Å². The number of benzene rings is 1. The van der Waals surface area contributed by atoms with E-state index in [2.05, 4.69) is 25.7 Å². The summed E-state index contributed by atoms with van der Waals surface area (Å²) in [5.74, 6) is -0.852. The summed E-state index contributed by atoms with van der Waals surface area (Å²) in [5.41, 5.74) is 3.32. The molecule has 0 bridgehead atoms. The van der Waals surface area contributed by atoms with Crippen LogP contribution in [-0.4, -0.2) is 40.5 Å². The van der Waals surface area contributed by atoms with Crippen molar-refractivity contribution in [2.24, 2.45) is 7.05 Å². The lowest BCUT2D eigenvalue weighted by Gasteiger charge is -2.11. The fourth-order valence-electron chi connectivity index (χ4n) is 3.54. The van der Waals surface area contributed by atoms with Crippen molar-refractivity contribution in [1.29, 1.82) is 0 Å². The normalized spacial score (nSPS) is 11.8. The first-order valence-electron chi connectivity index (χ1n) is 10.9. The summed E-state index contributed by atoms with van der Waals surface area (Å²) in [4.78, 5) is 17.1. The number of halogens is 1. The van der Waals surface area contributed by atoms with Gasteiger partial charge in [-0.25, -0.2) is 13.9 Å². The molecule has 4 aromatic heterocycles. The Labute approximate surface area is 199 Å². The minimum absolute atomic E-state index is 0.0383. The molecule has 0 unspecified atom stereocenters. The van der Waals surface area contributed by atoms with E-state index < -0.39 is 11.7 Å². The van der Waals surface area contributed by atoms with Crippen LogP contribution in [0.15, 0.2) is 53.5 Å². The standard InChI is InChI=1S/C24H23FN8O2/c1-24(2,3)23-31-30-22(35-23)21(34)26-10-15-6-5-14(9-17(15)25)20-19-7-8-27-33(19)13-18(29-20)16-11-28-32(4)12-16/h5-9,11-13H,10H2,1-4H3,(H,26,34). The molecule has 1 N–H and O–H groups in total. The average Bonchev–Trinajstić information content (AvgIpc) is 3.57. The molecule has 11 heteroatoms. The van der Waals surface area contributed by atoms with Crippen molar-refractivity contribution in [3.05, 3.63) is 72.2 Å². The Morgan fingerprint density at radius 3 is 2.63 bits per heavy atom. The molecular weight excluding hydrogens is 451 g/mol. The van der Waals surface area contributed by atoms with Crippen LogP contribution < -0.4 is 5.32 Å². The highest BCUT2D eigenvalue weighted by Crippen LogP contribution is 2.28. The highest BCUT2D eigenvalue weighted by molar-refractivity contribution is 5.89. The van der Waals surface area contributed by atoms with Gasteiger partial charge in [0.05, 0.1) is 35.5 Å². The van der Waals surface area contributed by atoms with E-state index in [-0.39, 0.29) is 17.9 Å². The average molecular weight is 475 g/mol. The Bertz CT molecular complexity index is 1540. The molecule has 0 fully saturated rings. The van der Waals surface area contributed by atoms with E-state index in [0.29, 0.717) is 28.4 Å². The second-order valence-corrected chi connectivity index (χ2v) is 9.19. The van der Waals surface area contributed by atoms with Gasteiger partial charge in [-0.05, 0) is 12.1 Å². The van der Waals surface area contributed by atoms with Crippen molar-refractivity contribution in [2.75, 3.05) is 0 Å². The molecule has 0 aliphatic heterocycles. The first-order valence-corrected chi connectivity index (χ1v) is 10.9. The third-order valence-electron chi connectivity index (χ3n) is 5.42. The highest BCUT2D eigenvalue weighted by atomic mass is 19.1. The van der Waals surface area contributed by atoms with Gasteiger partial charge in [-0.3, -0.25) is 9.48 Å². The van der Waals surface area contributed by atoms with Gasteiger partial charge in [0, 0.05) is 41.9 Å². The molecule has 0 radical (unpaired) electrons. The molecule has 5 rings (SSSR count). The lowest BCUT2D eigenvalue weighted by molar-refractivity contribution is 0.0912. The highest BCUT2D eigenvalue weighted by Gasteiger charge is 2.24. The molecule has 35 heavy (non-hydrogen) atoms. The number of aryl methyl sites for hydroxylation is 1. The first kappa shape index (κ1) is 22.4. The molecule has 0 saturated carbocycles. The zero-order chi connectivity index (χ0) is 24.7. The molecule has 1 aromatic carbocycles. The zero-order valence-corrected chi connectivity index (χ0v) is 19.7. The Morgan fingerprint density at radius 2 is 1.94 bits per heavy atom. The number of aromatic nitrogens is 7. The lowest BCUT2D eigenvalue weighted by Crippen LogP contribution is -2.23. The monoisotopic (exact) mass is 474 g/mol. The number of nitrogens with one attached hydrogen (secondary N) is 1. The van der Waals surface area contributed by atoms with Crippen molar-refractivity contribution in [3.63, 3.8) is 0 Å². The maximum Gasteiger partial charge on any atom is 0.309 e. The van der Waals surface area contributed by atoms with Crippen molar-refractivity contribution in [1.82, 2.24) is 39.9 Å². The second kappa shape index (κ2) is 8.42. The molecule has 4 heterocycles. The van der Waals surface area contributed by atoms with Gasteiger partial charge >= 0.3 is 11.8 Å². The Kier molecular flexibility index (Phi) is 5.39.